The Morgan fingerprint density at radius 2 is 1.87 bits per heavy atom. The van der Waals surface area contributed by atoms with Crippen molar-refractivity contribution in [2.24, 2.45) is 5.41 Å². The number of carboxylic acids is 2. The van der Waals surface area contributed by atoms with E-state index in [2.05, 4.69) is 25.7 Å². The Morgan fingerprint density at radius 3 is 2.48 bits per heavy atom. The van der Waals surface area contributed by atoms with Gasteiger partial charge >= 0.3 is 18.1 Å². The largest absolute Gasteiger partial charge is 0.480 e. The number of nitrogen functional groups attached to an aromatic ring is 1. The summed E-state index contributed by atoms with van der Waals surface area (Å²) in [6.07, 6.45) is 0.635. The van der Waals surface area contributed by atoms with Gasteiger partial charge in [0.1, 0.15) is 12.6 Å². The fourth-order valence-corrected chi connectivity index (χ4v) is 6.47. The number of hydrogen-bond donors (Lipinski definition) is 5. The van der Waals surface area contributed by atoms with Gasteiger partial charge in [0, 0.05) is 28.4 Å². The summed E-state index contributed by atoms with van der Waals surface area (Å²) >= 11 is 6.12. The van der Waals surface area contributed by atoms with Crippen LogP contribution in [0.3, 0.4) is 0 Å². The molecular formula is C35H35ClF3N7O6. The molecule has 2 aromatic heterocycles. The maximum Gasteiger partial charge on any atom is 0.429 e. The first-order chi connectivity index (χ1) is 24.6. The molecule has 1 spiro atoms. The van der Waals surface area contributed by atoms with E-state index in [1.165, 1.54) is 35.1 Å². The zero-order chi connectivity index (χ0) is 37.6. The summed E-state index contributed by atoms with van der Waals surface area (Å²) in [5.74, 6) is -3.11. The number of rotatable bonds is 9. The van der Waals surface area contributed by atoms with Crippen LogP contribution in [0.5, 0.6) is 5.88 Å². The van der Waals surface area contributed by atoms with Crippen LogP contribution in [-0.2, 0) is 9.59 Å². The fourth-order valence-electron chi connectivity index (χ4n) is 6.31. The molecule has 3 unspecified atom stereocenters. The average Bonchev–Trinajstić information content (AvgIpc) is 3.70. The SMILES string of the molecule is Cc1ccn(-c2cc(Cl)ccc2[C@@H](Oc2cc(C3NC(C(=O)O)CC34CC=CCC4)nc(N)n2)C(F)(F)F)n1.O=C(O)CNC(=O)c1ccccc1. The van der Waals surface area contributed by atoms with Crippen LogP contribution in [0.25, 0.3) is 5.69 Å². The number of nitrogens with two attached hydrogens (primary N) is 1. The van der Waals surface area contributed by atoms with Crippen molar-refractivity contribution in [1.82, 2.24) is 30.4 Å². The molecule has 2 aromatic carbocycles. The molecule has 13 nitrogen and oxygen atoms in total. The smallest absolute Gasteiger partial charge is 0.429 e. The molecule has 4 atom stereocenters. The molecule has 1 aliphatic heterocycles. The van der Waals surface area contributed by atoms with Crippen LogP contribution in [-0.4, -0.2) is 66.6 Å². The molecule has 1 fully saturated rings. The van der Waals surface area contributed by atoms with Crippen LogP contribution in [0.2, 0.25) is 5.02 Å². The number of carboxylic acid groups (broad SMARTS) is 2. The molecule has 0 saturated carbocycles. The van der Waals surface area contributed by atoms with E-state index in [-0.39, 0.29) is 46.2 Å². The second kappa shape index (κ2) is 15.8. The maximum absolute atomic E-state index is 14.5. The van der Waals surface area contributed by atoms with Gasteiger partial charge in [0.25, 0.3) is 5.91 Å². The molecule has 1 aliphatic carbocycles. The first kappa shape index (κ1) is 37.8. The molecule has 0 bridgehead atoms. The monoisotopic (exact) mass is 741 g/mol. The molecule has 6 rings (SSSR count). The van der Waals surface area contributed by atoms with Crippen LogP contribution in [0.15, 0.2) is 79.0 Å². The molecule has 1 saturated heterocycles. The quantitative estimate of drug-likeness (QED) is 0.134. The lowest BCUT2D eigenvalue weighted by Gasteiger charge is -2.36. The predicted octanol–water partition coefficient (Wildman–Crippen LogP) is 5.60. The van der Waals surface area contributed by atoms with E-state index < -0.39 is 41.7 Å². The molecular weight excluding hydrogens is 707 g/mol. The van der Waals surface area contributed by atoms with Crippen LogP contribution in [0.1, 0.15) is 65.1 Å². The number of amides is 1. The first-order valence-electron chi connectivity index (χ1n) is 16.0. The van der Waals surface area contributed by atoms with Crippen molar-refractivity contribution in [2.45, 2.75) is 57.0 Å². The van der Waals surface area contributed by atoms with Crippen molar-refractivity contribution >= 4 is 35.4 Å². The highest BCUT2D eigenvalue weighted by Crippen LogP contribution is 2.52. The molecule has 4 aromatic rings. The number of nitrogens with zero attached hydrogens (tertiary/aromatic N) is 4. The van der Waals surface area contributed by atoms with Crippen molar-refractivity contribution in [3.8, 4) is 11.6 Å². The lowest BCUT2D eigenvalue weighted by atomic mass is 9.70. The van der Waals surface area contributed by atoms with E-state index in [1.807, 2.05) is 12.2 Å². The Labute approximate surface area is 300 Å². The third kappa shape index (κ3) is 9.05. The Bertz CT molecular complexity index is 1960. The highest BCUT2D eigenvalue weighted by Gasteiger charge is 2.50. The summed E-state index contributed by atoms with van der Waals surface area (Å²) in [4.78, 5) is 41.3. The number of benzene rings is 2. The molecule has 6 N–H and O–H groups in total. The Balaban J connectivity index is 0.000000340. The van der Waals surface area contributed by atoms with Gasteiger partial charge < -0.3 is 26.0 Å². The number of carbonyl (C=O) groups is 3. The van der Waals surface area contributed by atoms with E-state index in [0.717, 1.165) is 6.42 Å². The van der Waals surface area contributed by atoms with Gasteiger partial charge in [-0.05, 0) is 68.4 Å². The third-order valence-corrected chi connectivity index (χ3v) is 8.88. The minimum atomic E-state index is -4.85. The lowest BCUT2D eigenvalue weighted by molar-refractivity contribution is -0.198. The number of ether oxygens (including phenoxy) is 1. The summed E-state index contributed by atoms with van der Waals surface area (Å²) in [7, 11) is 0. The van der Waals surface area contributed by atoms with Gasteiger partial charge in [-0.2, -0.15) is 23.3 Å². The predicted molar refractivity (Wildman–Crippen MR) is 183 cm³/mol. The minimum absolute atomic E-state index is 0.0925. The standard InChI is InChI=1S/C26H26ClF3N6O3.C9H9NO3/c1-14-7-10-36(35-14)19-11-15(27)5-6-16(19)22(26(28,29)30)39-20-12-17(33-24(31)34-20)21-25(8-3-2-4-9-25)13-18(32-21)23(37)38;11-8(12)6-10-9(13)7-4-2-1-3-5-7/h2-3,5-7,10-12,18,21-22,32H,4,8-9,13H2,1H3,(H,37,38)(H2,31,33,34);1-5H,6H2,(H,10,13)(H,11,12)/t18?,21?,22-,25?;/m1./s1. The number of allylic oxidation sites excluding steroid dienone is 2. The van der Waals surface area contributed by atoms with Crippen LogP contribution < -0.4 is 21.1 Å². The Hall–Kier alpha value is -5.48. The van der Waals surface area contributed by atoms with E-state index in [9.17, 15) is 32.7 Å². The Morgan fingerprint density at radius 1 is 1.12 bits per heavy atom. The van der Waals surface area contributed by atoms with E-state index >= 15 is 0 Å². The van der Waals surface area contributed by atoms with Crippen molar-refractivity contribution in [3.63, 3.8) is 0 Å². The zero-order valence-corrected chi connectivity index (χ0v) is 28.4. The summed E-state index contributed by atoms with van der Waals surface area (Å²) in [6, 6.07) is 14.0. The topological polar surface area (TPSA) is 195 Å². The highest BCUT2D eigenvalue weighted by atomic mass is 35.5. The Kier molecular flexibility index (Phi) is 11.5. The molecule has 17 heteroatoms. The van der Waals surface area contributed by atoms with Gasteiger partial charge in [0.05, 0.1) is 23.1 Å². The van der Waals surface area contributed by atoms with Crippen molar-refractivity contribution in [1.29, 1.82) is 0 Å². The highest BCUT2D eigenvalue weighted by molar-refractivity contribution is 6.30. The van der Waals surface area contributed by atoms with Crippen LogP contribution in [0.4, 0.5) is 19.1 Å². The first-order valence-corrected chi connectivity index (χ1v) is 16.4. The summed E-state index contributed by atoms with van der Waals surface area (Å²) < 4.78 is 50.2. The second-order valence-corrected chi connectivity index (χ2v) is 12.8. The summed E-state index contributed by atoms with van der Waals surface area (Å²) in [5, 5.41) is 27.8. The number of aryl methyl sites for hydroxylation is 1. The van der Waals surface area contributed by atoms with Crippen LogP contribution >= 0.6 is 11.6 Å². The van der Waals surface area contributed by atoms with Gasteiger partial charge in [-0.25, -0.2) is 9.67 Å². The molecule has 52 heavy (non-hydrogen) atoms. The molecule has 2 aliphatic rings. The van der Waals surface area contributed by atoms with Gasteiger partial charge in [-0.15, -0.1) is 0 Å². The summed E-state index contributed by atoms with van der Waals surface area (Å²) in [6.45, 7) is 1.36. The normalized spacial score (nSPS) is 20.1. The second-order valence-electron chi connectivity index (χ2n) is 12.3. The van der Waals surface area contributed by atoms with Crippen molar-refractivity contribution in [3.05, 3.63) is 107 Å². The van der Waals surface area contributed by atoms with Crippen molar-refractivity contribution < 1.29 is 42.5 Å². The van der Waals surface area contributed by atoms with Gasteiger partial charge in [0.2, 0.25) is 17.9 Å². The van der Waals surface area contributed by atoms with Gasteiger partial charge in [0.15, 0.2) is 0 Å². The number of anilines is 1. The molecule has 1 amide bonds. The van der Waals surface area contributed by atoms with Gasteiger partial charge in [-0.3, -0.25) is 19.7 Å². The van der Waals surface area contributed by atoms with E-state index in [1.54, 1.807) is 43.3 Å². The van der Waals surface area contributed by atoms with Crippen LogP contribution in [0, 0.1) is 12.3 Å². The minimum Gasteiger partial charge on any atom is -0.480 e. The number of halogens is 4. The number of hydrogen-bond acceptors (Lipinski definition) is 9. The van der Waals surface area contributed by atoms with E-state index in [0.29, 0.717) is 30.5 Å². The van der Waals surface area contributed by atoms with Gasteiger partial charge in [-0.1, -0.05) is 48.0 Å². The third-order valence-electron chi connectivity index (χ3n) is 8.64. The van der Waals surface area contributed by atoms with Crippen molar-refractivity contribution in [2.75, 3.05) is 12.3 Å². The average molecular weight is 742 g/mol. The molecule has 0 radical (unpaired) electrons. The lowest BCUT2D eigenvalue weighted by Crippen LogP contribution is -2.34. The molecule has 3 heterocycles. The number of aromatic nitrogens is 4. The summed E-state index contributed by atoms with van der Waals surface area (Å²) in [5.41, 5.74) is 6.65. The number of aliphatic carboxylic acids is 2. The number of alkyl halides is 3. The maximum atomic E-state index is 14.5. The number of carbonyl (C=O) groups excluding carboxylic acids is 1. The zero-order valence-electron chi connectivity index (χ0n) is 27.7. The van der Waals surface area contributed by atoms with E-state index in [4.69, 9.17) is 27.2 Å². The number of nitrogens with one attached hydrogen (secondary N) is 2. The fraction of sp³-hybridized carbons (Fsp3) is 0.314. The molecule has 274 valence electrons.